The van der Waals surface area contributed by atoms with Gasteiger partial charge in [0.2, 0.25) is 0 Å². The number of benzene rings is 1. The predicted molar refractivity (Wildman–Crippen MR) is 84.2 cm³/mol. The summed E-state index contributed by atoms with van der Waals surface area (Å²) >= 11 is 0. The molecule has 3 heteroatoms. The molecule has 110 valence electrons. The number of aryl methyl sites for hydroxylation is 1. The maximum atomic E-state index is 12.0. The Bertz CT molecular complexity index is 478. The Morgan fingerprint density at radius 2 is 2.10 bits per heavy atom. The lowest BCUT2D eigenvalue weighted by atomic mass is 9.81. The monoisotopic (exact) mass is 274 g/mol. The molecule has 1 N–H and O–H groups in total. The molecule has 20 heavy (non-hydrogen) atoms. The molecule has 1 aromatic carbocycles. The third-order valence-corrected chi connectivity index (χ3v) is 4.20. The third-order valence-electron chi connectivity index (χ3n) is 4.20. The van der Waals surface area contributed by atoms with Crippen molar-refractivity contribution in [3.63, 3.8) is 0 Å². The summed E-state index contributed by atoms with van der Waals surface area (Å²) in [6.07, 6.45) is 5.38. The van der Waals surface area contributed by atoms with Gasteiger partial charge in [-0.1, -0.05) is 25.3 Å². The first-order valence-electron chi connectivity index (χ1n) is 7.56. The Kier molecular flexibility index (Phi) is 4.69. The number of rotatable bonds is 5. The number of nitrogens with one attached hydrogen (secondary N) is 1. The van der Waals surface area contributed by atoms with E-state index in [-0.39, 0.29) is 5.91 Å². The molecule has 1 aromatic rings. The van der Waals surface area contributed by atoms with Crippen molar-refractivity contribution >= 4 is 11.6 Å². The smallest absolute Gasteiger partial charge is 0.253 e. The molecule has 1 saturated carbocycles. The number of hydrogen-bond acceptors (Lipinski definition) is 2. The van der Waals surface area contributed by atoms with Crippen LogP contribution in [-0.2, 0) is 0 Å². The van der Waals surface area contributed by atoms with Gasteiger partial charge in [-0.15, -0.1) is 0 Å². The molecule has 1 fully saturated rings. The molecule has 3 nitrogen and oxygen atoms in total. The van der Waals surface area contributed by atoms with Gasteiger partial charge in [0.1, 0.15) is 0 Å². The molecule has 0 aliphatic heterocycles. The molecule has 1 atom stereocenters. The maximum absolute atomic E-state index is 12.0. The van der Waals surface area contributed by atoms with Gasteiger partial charge in [-0.2, -0.15) is 0 Å². The summed E-state index contributed by atoms with van der Waals surface area (Å²) in [5, 5.41) is 3.57. The van der Waals surface area contributed by atoms with Gasteiger partial charge < -0.3 is 10.2 Å². The first kappa shape index (κ1) is 14.9. The van der Waals surface area contributed by atoms with Gasteiger partial charge >= 0.3 is 0 Å². The second-order valence-electron chi connectivity index (χ2n) is 6.31. The molecular weight excluding hydrogens is 248 g/mol. The lowest BCUT2D eigenvalue weighted by molar-refractivity contribution is 0.0827. The van der Waals surface area contributed by atoms with Crippen LogP contribution in [0.25, 0.3) is 0 Å². The van der Waals surface area contributed by atoms with Crippen LogP contribution in [0, 0.1) is 12.8 Å². The Labute approximate surface area is 122 Å². The van der Waals surface area contributed by atoms with E-state index in [0.717, 1.165) is 17.2 Å². The summed E-state index contributed by atoms with van der Waals surface area (Å²) in [6.45, 7) is 4.32. The van der Waals surface area contributed by atoms with E-state index in [4.69, 9.17) is 0 Å². The fourth-order valence-electron chi connectivity index (χ4n) is 2.72. The average Bonchev–Trinajstić information content (AvgIpc) is 2.35. The van der Waals surface area contributed by atoms with Crippen molar-refractivity contribution in [3.8, 4) is 0 Å². The van der Waals surface area contributed by atoms with Crippen molar-refractivity contribution in [3.05, 3.63) is 29.3 Å². The number of anilines is 1. The molecule has 1 aliphatic carbocycles. The van der Waals surface area contributed by atoms with Crippen LogP contribution in [0.4, 0.5) is 5.69 Å². The minimum absolute atomic E-state index is 0.0553. The summed E-state index contributed by atoms with van der Waals surface area (Å²) in [6, 6.07) is 6.37. The average molecular weight is 274 g/mol. The Balaban J connectivity index is 2.05. The van der Waals surface area contributed by atoms with E-state index in [0.29, 0.717) is 6.04 Å². The van der Waals surface area contributed by atoms with Crippen LogP contribution < -0.4 is 5.32 Å². The van der Waals surface area contributed by atoms with Crippen LogP contribution in [-0.4, -0.2) is 30.9 Å². The molecular formula is C17H26N2O. The molecule has 0 radical (unpaired) electrons. The zero-order valence-corrected chi connectivity index (χ0v) is 13.1. The van der Waals surface area contributed by atoms with Gasteiger partial charge in [0.25, 0.3) is 5.91 Å². The largest absolute Gasteiger partial charge is 0.382 e. The van der Waals surface area contributed by atoms with E-state index in [1.165, 1.54) is 31.2 Å². The van der Waals surface area contributed by atoms with Crippen LogP contribution in [0.3, 0.4) is 0 Å². The summed E-state index contributed by atoms with van der Waals surface area (Å²) in [4.78, 5) is 13.6. The van der Waals surface area contributed by atoms with Gasteiger partial charge in [0.05, 0.1) is 0 Å². The second-order valence-corrected chi connectivity index (χ2v) is 6.31. The summed E-state index contributed by atoms with van der Waals surface area (Å²) in [5.74, 6) is 0.948. The van der Waals surface area contributed by atoms with Gasteiger partial charge in [-0.25, -0.2) is 0 Å². The Morgan fingerprint density at radius 3 is 2.65 bits per heavy atom. The number of nitrogens with zero attached hydrogens (tertiary/aromatic N) is 1. The fraction of sp³-hybridized carbons (Fsp3) is 0.588. The molecule has 2 rings (SSSR count). The molecule has 1 aliphatic rings. The SMILES string of the molecule is Cc1ccc(C(=O)N(C)C)cc1NC(C)CC1CCC1. The number of hydrogen-bond donors (Lipinski definition) is 1. The van der Waals surface area contributed by atoms with Gasteiger partial charge in [0.15, 0.2) is 0 Å². The normalized spacial score (nSPS) is 16.4. The van der Waals surface area contributed by atoms with Crippen LogP contribution in [0.1, 0.15) is 48.5 Å². The fourth-order valence-corrected chi connectivity index (χ4v) is 2.72. The van der Waals surface area contributed by atoms with Crippen molar-refractivity contribution in [2.75, 3.05) is 19.4 Å². The van der Waals surface area contributed by atoms with E-state index in [1.807, 2.05) is 18.2 Å². The van der Waals surface area contributed by atoms with Gasteiger partial charge in [-0.05, 0) is 43.9 Å². The predicted octanol–water partition coefficient (Wildman–Crippen LogP) is 3.69. The maximum Gasteiger partial charge on any atom is 0.253 e. The minimum Gasteiger partial charge on any atom is -0.382 e. The van der Waals surface area contributed by atoms with E-state index < -0.39 is 0 Å². The number of carbonyl (C=O) groups excluding carboxylic acids is 1. The quantitative estimate of drug-likeness (QED) is 0.888. The standard InChI is InChI=1S/C17H26N2O/c1-12-8-9-15(17(20)19(3)4)11-16(12)18-13(2)10-14-6-5-7-14/h8-9,11,13-14,18H,5-7,10H2,1-4H3. The summed E-state index contributed by atoms with van der Waals surface area (Å²) in [5.41, 5.74) is 3.03. The Hall–Kier alpha value is -1.51. The highest BCUT2D eigenvalue weighted by Crippen LogP contribution is 2.31. The number of amides is 1. The van der Waals surface area contributed by atoms with Gasteiger partial charge in [0, 0.05) is 31.4 Å². The minimum atomic E-state index is 0.0553. The highest BCUT2D eigenvalue weighted by Gasteiger charge is 2.20. The van der Waals surface area contributed by atoms with Crippen LogP contribution in [0.2, 0.25) is 0 Å². The van der Waals surface area contributed by atoms with Crippen molar-refractivity contribution in [2.24, 2.45) is 5.92 Å². The third kappa shape index (κ3) is 3.53. The van der Waals surface area contributed by atoms with Crippen molar-refractivity contribution < 1.29 is 4.79 Å². The van der Waals surface area contributed by atoms with Crippen LogP contribution >= 0.6 is 0 Å². The highest BCUT2D eigenvalue weighted by molar-refractivity contribution is 5.95. The summed E-state index contributed by atoms with van der Waals surface area (Å²) < 4.78 is 0. The lowest BCUT2D eigenvalue weighted by Gasteiger charge is -2.29. The first-order chi connectivity index (χ1) is 9.47. The first-order valence-corrected chi connectivity index (χ1v) is 7.56. The topological polar surface area (TPSA) is 32.3 Å². The molecule has 1 unspecified atom stereocenters. The summed E-state index contributed by atoms with van der Waals surface area (Å²) in [7, 11) is 3.57. The van der Waals surface area contributed by atoms with E-state index in [1.54, 1.807) is 19.0 Å². The molecule has 0 aromatic heterocycles. The van der Waals surface area contributed by atoms with Crippen molar-refractivity contribution in [1.29, 1.82) is 0 Å². The van der Waals surface area contributed by atoms with E-state index in [9.17, 15) is 4.79 Å². The lowest BCUT2D eigenvalue weighted by Crippen LogP contribution is -2.24. The Morgan fingerprint density at radius 1 is 1.40 bits per heavy atom. The second kappa shape index (κ2) is 6.29. The molecule has 0 bridgehead atoms. The molecule has 0 heterocycles. The highest BCUT2D eigenvalue weighted by atomic mass is 16.2. The van der Waals surface area contributed by atoms with E-state index in [2.05, 4.69) is 19.2 Å². The molecule has 1 amide bonds. The van der Waals surface area contributed by atoms with Crippen molar-refractivity contribution in [1.82, 2.24) is 4.90 Å². The molecule has 0 saturated heterocycles. The van der Waals surface area contributed by atoms with E-state index >= 15 is 0 Å². The van der Waals surface area contributed by atoms with Crippen molar-refractivity contribution in [2.45, 2.75) is 45.6 Å². The van der Waals surface area contributed by atoms with Gasteiger partial charge in [-0.3, -0.25) is 4.79 Å². The van der Waals surface area contributed by atoms with Crippen LogP contribution in [0.15, 0.2) is 18.2 Å². The van der Waals surface area contributed by atoms with Crippen LogP contribution in [0.5, 0.6) is 0 Å². The number of carbonyl (C=O) groups is 1. The zero-order valence-electron chi connectivity index (χ0n) is 13.1. The molecule has 0 spiro atoms. The zero-order chi connectivity index (χ0) is 14.7.